The summed E-state index contributed by atoms with van der Waals surface area (Å²) in [5.41, 5.74) is 0.963. The van der Waals surface area contributed by atoms with Crippen molar-refractivity contribution in [2.45, 2.75) is 26.3 Å². The molecule has 0 spiro atoms. The second kappa shape index (κ2) is 5.41. The number of aromatic nitrogens is 1. The molecule has 1 aliphatic rings. The van der Waals surface area contributed by atoms with Crippen molar-refractivity contribution in [1.29, 1.82) is 0 Å². The van der Waals surface area contributed by atoms with E-state index in [0.717, 1.165) is 36.6 Å². The van der Waals surface area contributed by atoms with Crippen LogP contribution in [0.15, 0.2) is 5.38 Å². The number of aryl methyl sites for hydroxylation is 1. The highest BCUT2D eigenvalue weighted by Gasteiger charge is 2.20. The van der Waals surface area contributed by atoms with Crippen LogP contribution in [0.3, 0.4) is 0 Å². The van der Waals surface area contributed by atoms with Crippen molar-refractivity contribution in [3.8, 4) is 0 Å². The smallest absolute Gasteiger partial charge is 0.223 e. The van der Waals surface area contributed by atoms with Crippen LogP contribution in [0.2, 0.25) is 0 Å². The van der Waals surface area contributed by atoms with E-state index in [2.05, 4.69) is 15.6 Å². The fraction of sp³-hybridized carbons (Fsp3) is 0.636. The van der Waals surface area contributed by atoms with E-state index >= 15 is 0 Å². The average molecular weight is 239 g/mol. The van der Waals surface area contributed by atoms with E-state index in [9.17, 15) is 4.79 Å². The highest BCUT2D eigenvalue weighted by molar-refractivity contribution is 7.09. The highest BCUT2D eigenvalue weighted by atomic mass is 32.1. The van der Waals surface area contributed by atoms with Crippen molar-refractivity contribution in [2.75, 3.05) is 13.1 Å². The second-order valence-corrected chi connectivity index (χ2v) is 5.16. The summed E-state index contributed by atoms with van der Waals surface area (Å²) < 4.78 is 0. The number of hydrogen-bond donors (Lipinski definition) is 2. The standard InChI is InChI=1S/C11H17N3OS/c1-8-14-10(7-16-8)6-13-11(15)9-2-4-12-5-3-9/h7,9,12H,2-6H2,1H3,(H,13,15). The molecule has 16 heavy (non-hydrogen) atoms. The van der Waals surface area contributed by atoms with E-state index in [-0.39, 0.29) is 11.8 Å². The summed E-state index contributed by atoms with van der Waals surface area (Å²) in [4.78, 5) is 16.1. The average Bonchev–Trinajstić information content (AvgIpc) is 2.73. The molecular weight excluding hydrogens is 222 g/mol. The van der Waals surface area contributed by atoms with Crippen molar-refractivity contribution < 1.29 is 4.79 Å². The molecule has 88 valence electrons. The van der Waals surface area contributed by atoms with Gasteiger partial charge in [0, 0.05) is 11.3 Å². The molecule has 0 unspecified atom stereocenters. The van der Waals surface area contributed by atoms with E-state index in [4.69, 9.17) is 0 Å². The van der Waals surface area contributed by atoms with Gasteiger partial charge < -0.3 is 10.6 Å². The van der Waals surface area contributed by atoms with Crippen LogP contribution >= 0.6 is 11.3 Å². The van der Waals surface area contributed by atoms with Gasteiger partial charge in [-0.2, -0.15) is 0 Å². The van der Waals surface area contributed by atoms with Crippen LogP contribution in [-0.4, -0.2) is 24.0 Å². The van der Waals surface area contributed by atoms with Gasteiger partial charge in [0.15, 0.2) is 0 Å². The number of nitrogens with zero attached hydrogens (tertiary/aromatic N) is 1. The van der Waals surface area contributed by atoms with Gasteiger partial charge in [0.05, 0.1) is 17.2 Å². The van der Waals surface area contributed by atoms with Crippen LogP contribution in [0, 0.1) is 12.8 Å². The lowest BCUT2D eigenvalue weighted by molar-refractivity contribution is -0.125. The predicted octanol–water partition coefficient (Wildman–Crippen LogP) is 1.07. The van der Waals surface area contributed by atoms with E-state index in [0.29, 0.717) is 6.54 Å². The van der Waals surface area contributed by atoms with Gasteiger partial charge in [0.25, 0.3) is 0 Å². The molecule has 2 rings (SSSR count). The molecule has 0 bridgehead atoms. The quantitative estimate of drug-likeness (QED) is 0.829. The lowest BCUT2D eigenvalue weighted by Crippen LogP contribution is -2.37. The first-order chi connectivity index (χ1) is 7.75. The van der Waals surface area contributed by atoms with Crippen LogP contribution in [0.1, 0.15) is 23.5 Å². The molecule has 0 radical (unpaired) electrons. The summed E-state index contributed by atoms with van der Waals surface area (Å²) in [5.74, 6) is 0.355. The zero-order valence-electron chi connectivity index (χ0n) is 9.45. The van der Waals surface area contributed by atoms with Crippen LogP contribution in [0.25, 0.3) is 0 Å². The minimum atomic E-state index is 0.173. The summed E-state index contributed by atoms with van der Waals surface area (Å²) in [5, 5.41) is 9.26. The lowest BCUT2D eigenvalue weighted by atomic mass is 9.97. The fourth-order valence-corrected chi connectivity index (χ4v) is 2.51. The number of piperidine rings is 1. The molecule has 1 aromatic heterocycles. The van der Waals surface area contributed by atoms with Gasteiger partial charge in [-0.15, -0.1) is 11.3 Å². The Kier molecular flexibility index (Phi) is 3.90. The first-order valence-electron chi connectivity index (χ1n) is 5.65. The van der Waals surface area contributed by atoms with Crippen molar-refractivity contribution in [3.05, 3.63) is 16.1 Å². The van der Waals surface area contributed by atoms with Crippen LogP contribution < -0.4 is 10.6 Å². The van der Waals surface area contributed by atoms with Gasteiger partial charge in [-0.3, -0.25) is 4.79 Å². The summed E-state index contributed by atoms with van der Waals surface area (Å²) in [7, 11) is 0. The second-order valence-electron chi connectivity index (χ2n) is 4.10. The van der Waals surface area contributed by atoms with Gasteiger partial charge in [-0.25, -0.2) is 4.98 Å². The van der Waals surface area contributed by atoms with Crippen molar-refractivity contribution in [2.24, 2.45) is 5.92 Å². The maximum atomic E-state index is 11.8. The highest BCUT2D eigenvalue weighted by Crippen LogP contribution is 2.12. The van der Waals surface area contributed by atoms with Crippen LogP contribution in [0.4, 0.5) is 0 Å². The molecule has 2 heterocycles. The number of nitrogens with one attached hydrogen (secondary N) is 2. The Labute approximate surface area is 99.5 Å². The molecule has 0 aliphatic carbocycles. The first kappa shape index (κ1) is 11.5. The minimum Gasteiger partial charge on any atom is -0.350 e. The molecule has 1 fully saturated rings. The molecule has 0 saturated carbocycles. The molecule has 1 saturated heterocycles. The van der Waals surface area contributed by atoms with Gasteiger partial charge in [-0.1, -0.05) is 0 Å². The number of rotatable bonds is 3. The molecule has 4 nitrogen and oxygen atoms in total. The number of thiazole rings is 1. The summed E-state index contributed by atoms with van der Waals surface area (Å²) in [6.45, 7) is 4.44. The van der Waals surface area contributed by atoms with Gasteiger partial charge in [0.2, 0.25) is 5.91 Å². The molecule has 0 aromatic carbocycles. The number of carbonyl (C=O) groups excluding carboxylic acids is 1. The van der Waals surface area contributed by atoms with E-state index in [1.807, 2.05) is 12.3 Å². The molecule has 1 aliphatic heterocycles. The third-order valence-electron chi connectivity index (χ3n) is 2.82. The largest absolute Gasteiger partial charge is 0.350 e. The Morgan fingerprint density at radius 2 is 2.38 bits per heavy atom. The molecular formula is C11H17N3OS. The van der Waals surface area contributed by atoms with Gasteiger partial charge in [-0.05, 0) is 32.9 Å². The number of amides is 1. The molecule has 1 amide bonds. The Bertz CT molecular complexity index is 358. The van der Waals surface area contributed by atoms with Crippen molar-refractivity contribution in [1.82, 2.24) is 15.6 Å². The van der Waals surface area contributed by atoms with Gasteiger partial charge >= 0.3 is 0 Å². The number of hydrogen-bond acceptors (Lipinski definition) is 4. The maximum Gasteiger partial charge on any atom is 0.223 e. The van der Waals surface area contributed by atoms with Crippen LogP contribution in [0.5, 0.6) is 0 Å². The van der Waals surface area contributed by atoms with Gasteiger partial charge in [0.1, 0.15) is 0 Å². The normalized spacial score (nSPS) is 17.3. The summed E-state index contributed by atoms with van der Waals surface area (Å²) in [6.07, 6.45) is 1.89. The summed E-state index contributed by atoms with van der Waals surface area (Å²) in [6, 6.07) is 0. The zero-order valence-corrected chi connectivity index (χ0v) is 10.3. The molecule has 2 N–H and O–H groups in total. The maximum absolute atomic E-state index is 11.8. The molecule has 5 heteroatoms. The number of carbonyl (C=O) groups is 1. The van der Waals surface area contributed by atoms with E-state index in [1.165, 1.54) is 0 Å². The molecule has 1 aromatic rings. The predicted molar refractivity (Wildman–Crippen MR) is 64.3 cm³/mol. The van der Waals surface area contributed by atoms with Crippen molar-refractivity contribution >= 4 is 17.2 Å². The minimum absolute atomic E-state index is 0.173. The zero-order chi connectivity index (χ0) is 11.4. The Morgan fingerprint density at radius 1 is 1.62 bits per heavy atom. The Balaban J connectivity index is 1.78. The van der Waals surface area contributed by atoms with E-state index in [1.54, 1.807) is 11.3 Å². The Hall–Kier alpha value is -0.940. The van der Waals surface area contributed by atoms with Crippen molar-refractivity contribution in [3.63, 3.8) is 0 Å². The SMILES string of the molecule is Cc1nc(CNC(=O)C2CCNCC2)cs1. The first-order valence-corrected chi connectivity index (χ1v) is 6.53. The summed E-state index contributed by atoms with van der Waals surface area (Å²) >= 11 is 1.62. The third-order valence-corrected chi connectivity index (χ3v) is 3.64. The molecule has 0 atom stereocenters. The lowest BCUT2D eigenvalue weighted by Gasteiger charge is -2.21. The third kappa shape index (κ3) is 3.02. The monoisotopic (exact) mass is 239 g/mol. The van der Waals surface area contributed by atoms with Crippen LogP contribution in [-0.2, 0) is 11.3 Å². The fourth-order valence-electron chi connectivity index (χ4n) is 1.90. The van der Waals surface area contributed by atoms with E-state index < -0.39 is 0 Å². The topological polar surface area (TPSA) is 54.0 Å². The Morgan fingerprint density at radius 3 is 3.00 bits per heavy atom.